The van der Waals surface area contributed by atoms with Gasteiger partial charge in [-0.1, -0.05) is 84.9 Å². The third-order valence-corrected chi connectivity index (χ3v) is 8.01. The number of rotatable bonds is 12. The molecule has 4 aromatic rings. The van der Waals surface area contributed by atoms with Crippen molar-refractivity contribution >= 4 is 15.7 Å². The molecule has 1 amide bonds. The van der Waals surface area contributed by atoms with Crippen molar-refractivity contribution in [2.24, 2.45) is 0 Å². The minimum absolute atomic E-state index is 0.00167. The first-order valence-electron chi connectivity index (χ1n) is 12.5. The number of amides is 1. The van der Waals surface area contributed by atoms with Crippen LogP contribution in [-0.4, -0.2) is 49.0 Å². The number of sulfone groups is 1. The summed E-state index contributed by atoms with van der Waals surface area (Å²) in [6.07, 6.45) is 1.82. The van der Waals surface area contributed by atoms with Gasteiger partial charge < -0.3 is 14.2 Å². The lowest BCUT2D eigenvalue weighted by atomic mass is 10.1. The molecule has 7 nitrogen and oxygen atoms in total. The number of hydrogen-bond acceptors (Lipinski definition) is 5. The van der Waals surface area contributed by atoms with Crippen molar-refractivity contribution in [2.45, 2.75) is 37.3 Å². The van der Waals surface area contributed by atoms with Crippen LogP contribution in [0.25, 0.3) is 0 Å². The first-order valence-corrected chi connectivity index (χ1v) is 14.2. The Bertz CT molecular complexity index is 1450. The Morgan fingerprint density at radius 1 is 0.921 bits per heavy atom. The van der Waals surface area contributed by atoms with Gasteiger partial charge in [0.15, 0.2) is 0 Å². The summed E-state index contributed by atoms with van der Waals surface area (Å²) in [6.45, 7) is 3.19. The molecule has 0 bridgehead atoms. The summed E-state index contributed by atoms with van der Waals surface area (Å²) in [5.41, 5.74) is 4.16. The summed E-state index contributed by atoms with van der Waals surface area (Å²) >= 11 is 0. The zero-order chi connectivity index (χ0) is 27.0. The topological polar surface area (TPSA) is 81.5 Å². The summed E-state index contributed by atoms with van der Waals surface area (Å²) in [4.78, 5) is 19.4. The number of ether oxygens (including phenoxy) is 1. The van der Waals surface area contributed by atoms with Gasteiger partial charge in [-0.3, -0.25) is 4.79 Å². The number of hydrogen-bond donors (Lipinski definition) is 0. The molecule has 3 aromatic carbocycles. The fraction of sp³-hybridized carbons (Fsp3) is 0.267. The minimum atomic E-state index is -3.76. The highest BCUT2D eigenvalue weighted by Gasteiger charge is 2.26. The van der Waals surface area contributed by atoms with Crippen molar-refractivity contribution in [2.75, 3.05) is 20.3 Å². The zero-order valence-electron chi connectivity index (χ0n) is 21.8. The second-order valence-electron chi connectivity index (χ2n) is 9.26. The Balaban J connectivity index is 1.67. The summed E-state index contributed by atoms with van der Waals surface area (Å²) < 4.78 is 34.2. The Labute approximate surface area is 224 Å². The molecule has 0 unspecified atom stereocenters. The lowest BCUT2D eigenvalue weighted by molar-refractivity contribution is -0.131. The maximum Gasteiger partial charge on any atom is 0.228 e. The van der Waals surface area contributed by atoms with Crippen LogP contribution in [0.15, 0.2) is 96.3 Å². The summed E-state index contributed by atoms with van der Waals surface area (Å²) in [7, 11) is -2.17. The molecule has 0 fully saturated rings. The summed E-state index contributed by atoms with van der Waals surface area (Å²) in [6, 6.07) is 26.7. The van der Waals surface area contributed by atoms with Crippen LogP contribution in [-0.2, 0) is 44.6 Å². The lowest BCUT2D eigenvalue weighted by Gasteiger charge is -2.23. The molecule has 0 N–H and O–H groups in total. The van der Waals surface area contributed by atoms with Crippen molar-refractivity contribution in [1.29, 1.82) is 0 Å². The van der Waals surface area contributed by atoms with E-state index in [4.69, 9.17) is 4.74 Å². The SMILES string of the molecule is COCCN(Cc1cnc(S(=O)(=O)Cc2ccccc2C)n1Cc1ccccc1)C(=O)Cc1ccccc1. The van der Waals surface area contributed by atoms with Crippen molar-refractivity contribution in [3.63, 3.8) is 0 Å². The van der Waals surface area contributed by atoms with Crippen molar-refractivity contribution in [3.05, 3.63) is 119 Å². The average molecular weight is 532 g/mol. The van der Waals surface area contributed by atoms with Crippen LogP contribution in [0, 0.1) is 6.92 Å². The Hall–Kier alpha value is -3.75. The highest BCUT2D eigenvalue weighted by Crippen LogP contribution is 2.22. The number of aromatic nitrogens is 2. The quantitative estimate of drug-likeness (QED) is 0.270. The molecule has 0 aliphatic carbocycles. The Morgan fingerprint density at radius 2 is 1.55 bits per heavy atom. The van der Waals surface area contributed by atoms with Gasteiger partial charge in [0.2, 0.25) is 20.9 Å². The molecule has 0 radical (unpaired) electrons. The van der Waals surface area contributed by atoms with Crippen LogP contribution in [0.5, 0.6) is 0 Å². The van der Waals surface area contributed by atoms with Gasteiger partial charge in [0.05, 0.1) is 43.8 Å². The van der Waals surface area contributed by atoms with E-state index in [2.05, 4.69) is 4.98 Å². The molecular weight excluding hydrogens is 498 g/mol. The molecule has 198 valence electrons. The first kappa shape index (κ1) is 27.3. The lowest BCUT2D eigenvalue weighted by Crippen LogP contribution is -2.35. The molecule has 0 aliphatic rings. The molecule has 1 aromatic heterocycles. The van der Waals surface area contributed by atoms with Crippen LogP contribution < -0.4 is 0 Å². The van der Waals surface area contributed by atoms with Crippen molar-refractivity contribution < 1.29 is 17.9 Å². The predicted octanol–water partition coefficient (Wildman–Crippen LogP) is 4.43. The van der Waals surface area contributed by atoms with E-state index < -0.39 is 9.84 Å². The molecule has 1 heterocycles. The number of imidazole rings is 1. The van der Waals surface area contributed by atoms with E-state index in [0.29, 0.717) is 25.4 Å². The van der Waals surface area contributed by atoms with Crippen LogP contribution in [0.4, 0.5) is 0 Å². The summed E-state index contributed by atoms with van der Waals surface area (Å²) in [5, 5.41) is 0.00167. The predicted molar refractivity (Wildman–Crippen MR) is 147 cm³/mol. The molecule has 4 rings (SSSR count). The highest BCUT2D eigenvalue weighted by molar-refractivity contribution is 7.90. The van der Waals surface area contributed by atoms with E-state index in [0.717, 1.165) is 22.3 Å². The third-order valence-electron chi connectivity index (χ3n) is 6.44. The van der Waals surface area contributed by atoms with E-state index in [1.54, 1.807) is 22.8 Å². The Morgan fingerprint density at radius 3 is 2.21 bits per heavy atom. The van der Waals surface area contributed by atoms with Crippen LogP contribution in [0.1, 0.15) is 27.9 Å². The molecule has 0 aliphatic heterocycles. The van der Waals surface area contributed by atoms with Gasteiger partial charge >= 0.3 is 0 Å². The zero-order valence-corrected chi connectivity index (χ0v) is 22.6. The molecule has 0 saturated carbocycles. The maximum atomic E-state index is 13.6. The van der Waals surface area contributed by atoms with Gasteiger partial charge in [-0.15, -0.1) is 0 Å². The minimum Gasteiger partial charge on any atom is -0.383 e. The molecule has 38 heavy (non-hydrogen) atoms. The van der Waals surface area contributed by atoms with E-state index in [1.807, 2.05) is 91.9 Å². The van der Waals surface area contributed by atoms with Crippen LogP contribution in [0.3, 0.4) is 0 Å². The van der Waals surface area contributed by atoms with E-state index in [-0.39, 0.29) is 29.8 Å². The van der Waals surface area contributed by atoms with E-state index >= 15 is 0 Å². The molecule has 0 spiro atoms. The fourth-order valence-electron chi connectivity index (χ4n) is 4.31. The standard InChI is InChI=1S/C30H33N3O4S/c1-24-11-9-10-16-27(24)23-38(35,36)30-31-20-28(33(30)21-26-14-7-4-8-15-26)22-32(17-18-37-2)29(34)19-25-12-5-3-6-13-25/h3-16,20H,17-19,21-23H2,1-2H3. The monoisotopic (exact) mass is 531 g/mol. The summed E-state index contributed by atoms with van der Waals surface area (Å²) in [5.74, 6) is -0.212. The molecule has 8 heteroatoms. The molecule has 0 atom stereocenters. The Kier molecular flexibility index (Phi) is 9.10. The van der Waals surface area contributed by atoms with Gasteiger partial charge in [0, 0.05) is 13.7 Å². The van der Waals surface area contributed by atoms with Crippen molar-refractivity contribution in [3.8, 4) is 0 Å². The second-order valence-corrected chi connectivity index (χ2v) is 11.1. The highest BCUT2D eigenvalue weighted by atomic mass is 32.2. The molecular formula is C30H33N3O4S. The largest absolute Gasteiger partial charge is 0.383 e. The van der Waals surface area contributed by atoms with Gasteiger partial charge in [-0.25, -0.2) is 13.4 Å². The van der Waals surface area contributed by atoms with Gasteiger partial charge in [0.1, 0.15) is 0 Å². The normalized spacial score (nSPS) is 11.4. The third kappa shape index (κ3) is 6.96. The number of methoxy groups -OCH3 is 1. The van der Waals surface area contributed by atoms with Gasteiger partial charge in [-0.05, 0) is 29.2 Å². The number of nitrogens with zero attached hydrogens (tertiary/aromatic N) is 3. The fourth-order valence-corrected chi connectivity index (χ4v) is 5.91. The number of carbonyl (C=O) groups excluding carboxylic acids is 1. The van der Waals surface area contributed by atoms with Crippen LogP contribution >= 0.6 is 0 Å². The van der Waals surface area contributed by atoms with E-state index in [1.165, 1.54) is 0 Å². The first-order chi connectivity index (χ1) is 18.4. The average Bonchev–Trinajstić information content (AvgIpc) is 3.31. The van der Waals surface area contributed by atoms with Gasteiger partial charge in [-0.2, -0.15) is 0 Å². The van der Waals surface area contributed by atoms with Crippen LogP contribution in [0.2, 0.25) is 0 Å². The molecule has 0 saturated heterocycles. The second kappa shape index (κ2) is 12.7. The smallest absolute Gasteiger partial charge is 0.228 e. The number of carbonyl (C=O) groups is 1. The number of aryl methyl sites for hydroxylation is 1. The van der Waals surface area contributed by atoms with Crippen molar-refractivity contribution in [1.82, 2.24) is 14.5 Å². The number of benzene rings is 3. The van der Waals surface area contributed by atoms with Gasteiger partial charge in [0.25, 0.3) is 0 Å². The maximum absolute atomic E-state index is 13.6. The van der Waals surface area contributed by atoms with E-state index in [9.17, 15) is 13.2 Å².